The number of hydrogen-bond donors (Lipinski definition) is 2. The third-order valence-electron chi connectivity index (χ3n) is 3.05. The number of benzene rings is 2. The van der Waals surface area contributed by atoms with Gasteiger partial charge >= 0.3 is 0 Å². The van der Waals surface area contributed by atoms with Crippen LogP contribution in [0.15, 0.2) is 53.0 Å². The molecule has 0 aliphatic heterocycles. The molecule has 0 heterocycles. The van der Waals surface area contributed by atoms with E-state index in [1.165, 1.54) is 12.1 Å². The summed E-state index contributed by atoms with van der Waals surface area (Å²) in [6.45, 7) is 1.82. The van der Waals surface area contributed by atoms with Crippen LogP contribution in [0.5, 0.6) is 0 Å². The van der Waals surface area contributed by atoms with Crippen molar-refractivity contribution in [2.75, 3.05) is 11.9 Å². The average Bonchev–Trinajstić information content (AvgIpc) is 2.42. The van der Waals surface area contributed by atoms with E-state index in [1.807, 2.05) is 31.2 Å². The summed E-state index contributed by atoms with van der Waals surface area (Å²) in [7, 11) is 0. The zero-order valence-electron chi connectivity index (χ0n) is 10.5. The Morgan fingerprint density at radius 3 is 2.37 bits per heavy atom. The van der Waals surface area contributed by atoms with Gasteiger partial charge in [-0.25, -0.2) is 4.39 Å². The number of anilines is 1. The van der Waals surface area contributed by atoms with Crippen LogP contribution in [-0.2, 0) is 5.54 Å². The molecule has 0 radical (unpaired) electrons. The summed E-state index contributed by atoms with van der Waals surface area (Å²) in [5.41, 5.74) is 1.06. The van der Waals surface area contributed by atoms with Gasteiger partial charge in [-0.1, -0.05) is 34.1 Å². The maximum absolute atomic E-state index is 12.9. The van der Waals surface area contributed by atoms with Gasteiger partial charge in [-0.15, -0.1) is 0 Å². The minimum atomic E-state index is -0.641. The number of nitrogens with one attached hydrogen (secondary N) is 1. The van der Waals surface area contributed by atoms with Crippen LogP contribution in [0.2, 0.25) is 0 Å². The second-order valence-corrected chi connectivity index (χ2v) is 5.46. The monoisotopic (exact) mass is 323 g/mol. The average molecular weight is 324 g/mol. The van der Waals surface area contributed by atoms with Gasteiger partial charge in [0.05, 0.1) is 12.1 Å². The molecule has 1 atom stereocenters. The molecule has 0 saturated heterocycles. The van der Waals surface area contributed by atoms with Crippen LogP contribution >= 0.6 is 15.9 Å². The number of hydrogen-bond acceptors (Lipinski definition) is 2. The molecule has 100 valence electrons. The van der Waals surface area contributed by atoms with Crippen molar-refractivity contribution in [1.82, 2.24) is 0 Å². The number of aliphatic hydroxyl groups is 1. The molecule has 2 aromatic carbocycles. The molecule has 2 rings (SSSR count). The molecule has 0 amide bonds. The Labute approximate surface area is 120 Å². The van der Waals surface area contributed by atoms with Gasteiger partial charge in [0.2, 0.25) is 0 Å². The smallest absolute Gasteiger partial charge is 0.123 e. The molecule has 2 nitrogen and oxygen atoms in total. The largest absolute Gasteiger partial charge is 0.394 e. The van der Waals surface area contributed by atoms with Crippen molar-refractivity contribution in [3.05, 3.63) is 64.4 Å². The predicted molar refractivity (Wildman–Crippen MR) is 78.6 cm³/mol. The lowest BCUT2D eigenvalue weighted by Gasteiger charge is -2.31. The van der Waals surface area contributed by atoms with Crippen LogP contribution in [0.1, 0.15) is 12.5 Å². The van der Waals surface area contributed by atoms with E-state index in [4.69, 9.17) is 0 Å². The fourth-order valence-corrected chi connectivity index (χ4v) is 2.67. The molecule has 0 spiro atoms. The van der Waals surface area contributed by atoms with Gasteiger partial charge in [-0.2, -0.15) is 0 Å². The van der Waals surface area contributed by atoms with Crippen molar-refractivity contribution in [3.8, 4) is 0 Å². The van der Waals surface area contributed by atoms with Crippen molar-refractivity contribution in [2.24, 2.45) is 0 Å². The Hall–Kier alpha value is -1.39. The second kappa shape index (κ2) is 5.72. The molecule has 2 N–H and O–H groups in total. The molecule has 2 aromatic rings. The van der Waals surface area contributed by atoms with E-state index in [1.54, 1.807) is 12.1 Å². The SMILES string of the molecule is CC(CO)(Nc1ccc(F)cc1)c1ccccc1Br. The lowest BCUT2D eigenvalue weighted by molar-refractivity contribution is 0.223. The second-order valence-electron chi connectivity index (χ2n) is 4.60. The molecular formula is C15H15BrFNO. The predicted octanol–water partition coefficient (Wildman–Crippen LogP) is 3.91. The molecule has 0 bridgehead atoms. The first-order chi connectivity index (χ1) is 9.05. The van der Waals surface area contributed by atoms with Gasteiger partial charge in [0.25, 0.3) is 0 Å². The first-order valence-electron chi connectivity index (χ1n) is 5.95. The highest BCUT2D eigenvalue weighted by molar-refractivity contribution is 9.10. The van der Waals surface area contributed by atoms with Crippen LogP contribution in [0, 0.1) is 5.82 Å². The summed E-state index contributed by atoms with van der Waals surface area (Å²) in [6.07, 6.45) is 0. The van der Waals surface area contributed by atoms with Crippen LogP contribution in [0.4, 0.5) is 10.1 Å². The molecule has 0 aliphatic carbocycles. The molecular weight excluding hydrogens is 309 g/mol. The van der Waals surface area contributed by atoms with Gasteiger partial charge < -0.3 is 10.4 Å². The van der Waals surface area contributed by atoms with Crippen LogP contribution in [-0.4, -0.2) is 11.7 Å². The normalized spacial score (nSPS) is 13.9. The minimum Gasteiger partial charge on any atom is -0.394 e. The molecule has 0 saturated carbocycles. The van der Waals surface area contributed by atoms with Crippen molar-refractivity contribution >= 4 is 21.6 Å². The summed E-state index contributed by atoms with van der Waals surface area (Å²) in [5.74, 6) is -0.280. The Bertz CT molecular complexity index is 558. The Morgan fingerprint density at radius 1 is 1.16 bits per heavy atom. The van der Waals surface area contributed by atoms with E-state index in [9.17, 15) is 9.50 Å². The van der Waals surface area contributed by atoms with Gasteiger partial charge in [-0.3, -0.25) is 0 Å². The van der Waals surface area contributed by atoms with Crippen LogP contribution in [0.25, 0.3) is 0 Å². The molecule has 1 unspecified atom stereocenters. The van der Waals surface area contributed by atoms with E-state index in [-0.39, 0.29) is 12.4 Å². The number of aliphatic hydroxyl groups excluding tert-OH is 1. The third kappa shape index (κ3) is 3.14. The fourth-order valence-electron chi connectivity index (χ4n) is 1.95. The number of halogens is 2. The summed E-state index contributed by atoms with van der Waals surface area (Å²) in [5, 5.41) is 13.0. The van der Waals surface area contributed by atoms with Crippen LogP contribution in [0.3, 0.4) is 0 Å². The lowest BCUT2D eigenvalue weighted by atomic mass is 9.92. The van der Waals surface area contributed by atoms with E-state index in [0.717, 1.165) is 15.7 Å². The highest BCUT2D eigenvalue weighted by Crippen LogP contribution is 2.31. The summed E-state index contributed by atoms with van der Waals surface area (Å²) in [6, 6.07) is 13.8. The van der Waals surface area contributed by atoms with E-state index >= 15 is 0 Å². The zero-order chi connectivity index (χ0) is 13.9. The fraction of sp³-hybridized carbons (Fsp3) is 0.200. The maximum atomic E-state index is 12.9. The van der Waals surface area contributed by atoms with Crippen molar-refractivity contribution in [1.29, 1.82) is 0 Å². The molecule has 0 aromatic heterocycles. The third-order valence-corrected chi connectivity index (χ3v) is 3.74. The van der Waals surface area contributed by atoms with Crippen molar-refractivity contribution < 1.29 is 9.50 Å². The number of rotatable bonds is 4. The zero-order valence-corrected chi connectivity index (χ0v) is 12.1. The van der Waals surface area contributed by atoms with Crippen LogP contribution < -0.4 is 5.32 Å². The van der Waals surface area contributed by atoms with Gasteiger partial charge in [0.15, 0.2) is 0 Å². The summed E-state index contributed by atoms with van der Waals surface area (Å²) in [4.78, 5) is 0. The van der Waals surface area contributed by atoms with E-state index in [0.29, 0.717) is 0 Å². The highest BCUT2D eigenvalue weighted by atomic mass is 79.9. The minimum absolute atomic E-state index is 0.0764. The van der Waals surface area contributed by atoms with Crippen molar-refractivity contribution in [2.45, 2.75) is 12.5 Å². The van der Waals surface area contributed by atoms with Gasteiger partial charge in [0, 0.05) is 10.2 Å². The quantitative estimate of drug-likeness (QED) is 0.894. The molecule has 0 aliphatic rings. The van der Waals surface area contributed by atoms with E-state index in [2.05, 4.69) is 21.2 Å². The summed E-state index contributed by atoms with van der Waals surface area (Å²) < 4.78 is 13.8. The first-order valence-corrected chi connectivity index (χ1v) is 6.74. The molecule has 4 heteroatoms. The van der Waals surface area contributed by atoms with Gasteiger partial charge in [0.1, 0.15) is 5.82 Å². The Balaban J connectivity index is 2.33. The Kier molecular flexibility index (Phi) is 4.22. The lowest BCUT2D eigenvalue weighted by Crippen LogP contribution is -2.36. The topological polar surface area (TPSA) is 32.3 Å². The van der Waals surface area contributed by atoms with E-state index < -0.39 is 5.54 Å². The van der Waals surface area contributed by atoms with Crippen molar-refractivity contribution in [3.63, 3.8) is 0 Å². The van der Waals surface area contributed by atoms with Gasteiger partial charge in [-0.05, 0) is 42.8 Å². The highest BCUT2D eigenvalue weighted by Gasteiger charge is 2.27. The molecule has 0 fully saturated rings. The first kappa shape index (κ1) is 14.0. The standard InChI is InChI=1S/C15H15BrFNO/c1-15(10-19,13-4-2-3-5-14(13)16)18-12-8-6-11(17)7-9-12/h2-9,18-19H,10H2,1H3. The molecule has 19 heavy (non-hydrogen) atoms. The summed E-state index contributed by atoms with van der Waals surface area (Å²) >= 11 is 3.49. The maximum Gasteiger partial charge on any atom is 0.123 e. The Morgan fingerprint density at radius 2 is 1.79 bits per heavy atom.